The van der Waals surface area contributed by atoms with Crippen molar-refractivity contribution in [2.45, 2.75) is 31.2 Å². The van der Waals surface area contributed by atoms with E-state index in [0.717, 1.165) is 24.6 Å². The highest BCUT2D eigenvalue weighted by Gasteiger charge is 2.33. The molecule has 2 rings (SSSR count). The van der Waals surface area contributed by atoms with Gasteiger partial charge in [-0.3, -0.25) is 4.79 Å². The number of hydrogen-bond donors (Lipinski definition) is 1. The van der Waals surface area contributed by atoms with E-state index >= 15 is 0 Å². The van der Waals surface area contributed by atoms with Gasteiger partial charge in [0.25, 0.3) is 5.91 Å². The lowest BCUT2D eigenvalue weighted by molar-refractivity contribution is 0.0739. The fraction of sp³-hybridized carbons (Fsp3) is 0.462. The Morgan fingerprint density at radius 1 is 1.40 bits per heavy atom. The molecule has 7 heteroatoms. The van der Waals surface area contributed by atoms with Gasteiger partial charge in [-0.15, -0.1) is 0 Å². The number of hydrogen-bond acceptors (Lipinski definition) is 3. The van der Waals surface area contributed by atoms with Crippen LogP contribution in [0.25, 0.3) is 0 Å². The average Bonchev–Trinajstić information content (AvgIpc) is 2.65. The Balaban J connectivity index is 2.47. The summed E-state index contributed by atoms with van der Waals surface area (Å²) in [4.78, 5) is 13.7. The monoisotopic (exact) mass is 300 g/mol. The second-order valence-corrected chi connectivity index (χ2v) is 6.86. The first kappa shape index (κ1) is 14.9. The molecule has 2 unspecified atom stereocenters. The van der Waals surface area contributed by atoms with Crippen molar-refractivity contribution in [3.8, 4) is 0 Å². The number of primary sulfonamides is 1. The zero-order valence-corrected chi connectivity index (χ0v) is 12.2. The van der Waals surface area contributed by atoms with Gasteiger partial charge in [0.1, 0.15) is 5.82 Å². The van der Waals surface area contributed by atoms with E-state index in [1.54, 1.807) is 4.90 Å². The van der Waals surface area contributed by atoms with Gasteiger partial charge in [-0.25, -0.2) is 17.9 Å². The maximum Gasteiger partial charge on any atom is 0.255 e. The lowest BCUT2D eigenvalue weighted by Gasteiger charge is -2.22. The molecule has 20 heavy (non-hydrogen) atoms. The maximum absolute atomic E-state index is 13.4. The summed E-state index contributed by atoms with van der Waals surface area (Å²) < 4.78 is 36.4. The lowest BCUT2D eigenvalue weighted by Crippen LogP contribution is -2.35. The van der Waals surface area contributed by atoms with Gasteiger partial charge in [0.2, 0.25) is 10.0 Å². The number of halogens is 1. The molecule has 1 aromatic carbocycles. The Kier molecular flexibility index (Phi) is 3.84. The Morgan fingerprint density at radius 3 is 2.55 bits per heavy atom. The number of carbonyl (C=O) groups excluding carboxylic acids is 1. The number of amides is 1. The number of carbonyl (C=O) groups is 1. The first-order valence-electron chi connectivity index (χ1n) is 6.33. The van der Waals surface area contributed by atoms with Crippen LogP contribution < -0.4 is 5.14 Å². The fourth-order valence-corrected chi connectivity index (χ4v) is 3.37. The highest BCUT2D eigenvalue weighted by molar-refractivity contribution is 7.89. The van der Waals surface area contributed by atoms with E-state index < -0.39 is 21.7 Å². The molecule has 0 saturated carbocycles. The van der Waals surface area contributed by atoms with Gasteiger partial charge in [-0.05, 0) is 37.5 Å². The Morgan fingerprint density at radius 2 is 2.05 bits per heavy atom. The first-order valence-corrected chi connectivity index (χ1v) is 7.88. The molecule has 0 radical (unpaired) electrons. The van der Waals surface area contributed by atoms with Crippen LogP contribution in [0.1, 0.15) is 30.6 Å². The van der Waals surface area contributed by atoms with Crippen molar-refractivity contribution < 1.29 is 17.6 Å². The molecule has 0 aromatic heterocycles. The van der Waals surface area contributed by atoms with Crippen molar-refractivity contribution in [2.75, 3.05) is 6.54 Å². The number of rotatable bonds is 2. The van der Waals surface area contributed by atoms with Crippen LogP contribution in [0.3, 0.4) is 0 Å². The third-order valence-corrected chi connectivity index (χ3v) is 4.49. The number of nitrogens with zero attached hydrogens (tertiary/aromatic N) is 1. The minimum absolute atomic E-state index is 0.00547. The molecule has 1 heterocycles. The van der Waals surface area contributed by atoms with Crippen LogP contribution in [0, 0.1) is 11.7 Å². The van der Waals surface area contributed by atoms with E-state index in [0.29, 0.717) is 12.5 Å². The number of benzene rings is 1. The fourth-order valence-electron chi connectivity index (χ4n) is 2.66. The van der Waals surface area contributed by atoms with Crippen LogP contribution >= 0.6 is 0 Å². The minimum atomic E-state index is -4.07. The zero-order chi connectivity index (χ0) is 15.1. The van der Waals surface area contributed by atoms with Gasteiger partial charge in [-0.2, -0.15) is 0 Å². The molecule has 5 nitrogen and oxygen atoms in total. The second-order valence-electron chi connectivity index (χ2n) is 5.33. The van der Waals surface area contributed by atoms with Crippen molar-refractivity contribution in [2.24, 2.45) is 11.1 Å². The molecule has 1 fully saturated rings. The Labute approximate surface area is 117 Å². The van der Waals surface area contributed by atoms with E-state index in [1.807, 2.05) is 13.8 Å². The zero-order valence-electron chi connectivity index (χ0n) is 11.3. The average molecular weight is 300 g/mol. The normalized spacial score (nSPS) is 23.1. The molecule has 1 aliphatic heterocycles. The van der Waals surface area contributed by atoms with E-state index in [2.05, 4.69) is 0 Å². The number of likely N-dealkylation sites (tertiary alicyclic amines) is 1. The highest BCUT2D eigenvalue weighted by atomic mass is 32.2. The van der Waals surface area contributed by atoms with Gasteiger partial charge >= 0.3 is 0 Å². The van der Waals surface area contributed by atoms with Crippen LogP contribution in [0.15, 0.2) is 23.1 Å². The summed E-state index contributed by atoms with van der Waals surface area (Å²) >= 11 is 0. The van der Waals surface area contributed by atoms with Crippen LogP contribution in [0.4, 0.5) is 4.39 Å². The molecule has 110 valence electrons. The van der Waals surface area contributed by atoms with Crippen LogP contribution in [0.2, 0.25) is 0 Å². The number of nitrogens with two attached hydrogens (primary N) is 1. The third-order valence-electron chi connectivity index (χ3n) is 3.52. The van der Waals surface area contributed by atoms with E-state index in [9.17, 15) is 17.6 Å². The van der Waals surface area contributed by atoms with Crippen LogP contribution in [-0.2, 0) is 10.0 Å². The predicted molar refractivity (Wildman–Crippen MR) is 72.1 cm³/mol. The molecule has 2 atom stereocenters. The molecule has 1 amide bonds. The quantitative estimate of drug-likeness (QED) is 0.895. The molecule has 1 aliphatic rings. The largest absolute Gasteiger partial charge is 0.336 e. The molecular formula is C13H17FN2O3S. The summed E-state index contributed by atoms with van der Waals surface area (Å²) in [5, 5.41) is 5.09. The molecule has 0 spiro atoms. The molecule has 2 N–H and O–H groups in total. The Bertz CT molecular complexity index is 645. The van der Waals surface area contributed by atoms with Crippen molar-refractivity contribution in [1.82, 2.24) is 4.90 Å². The predicted octanol–water partition coefficient (Wildman–Crippen LogP) is 1.34. The smallest absolute Gasteiger partial charge is 0.255 e. The summed E-state index contributed by atoms with van der Waals surface area (Å²) in [6.45, 7) is 4.42. The summed E-state index contributed by atoms with van der Waals surface area (Å²) in [6.07, 6.45) is 0.839. The van der Waals surface area contributed by atoms with Crippen molar-refractivity contribution >= 4 is 15.9 Å². The van der Waals surface area contributed by atoms with E-state index in [1.165, 1.54) is 0 Å². The van der Waals surface area contributed by atoms with Gasteiger partial charge in [0.15, 0.2) is 0 Å². The van der Waals surface area contributed by atoms with Gasteiger partial charge in [-0.1, -0.05) is 6.92 Å². The summed E-state index contributed by atoms with van der Waals surface area (Å²) in [5.74, 6) is -0.827. The van der Waals surface area contributed by atoms with Crippen molar-refractivity contribution in [1.29, 1.82) is 0 Å². The lowest BCUT2D eigenvalue weighted by atomic mass is 10.1. The van der Waals surface area contributed by atoms with Crippen LogP contribution in [0.5, 0.6) is 0 Å². The molecule has 1 aromatic rings. The molecule has 0 bridgehead atoms. The third kappa shape index (κ3) is 2.83. The van der Waals surface area contributed by atoms with Gasteiger partial charge in [0.05, 0.1) is 10.5 Å². The van der Waals surface area contributed by atoms with E-state index in [-0.39, 0.29) is 16.5 Å². The molecule has 0 aliphatic carbocycles. The van der Waals surface area contributed by atoms with Crippen molar-refractivity contribution in [3.63, 3.8) is 0 Å². The minimum Gasteiger partial charge on any atom is -0.336 e. The number of sulfonamides is 1. The first-order chi connectivity index (χ1) is 9.20. The van der Waals surface area contributed by atoms with Gasteiger partial charge in [0, 0.05) is 12.6 Å². The van der Waals surface area contributed by atoms with E-state index in [4.69, 9.17) is 5.14 Å². The highest BCUT2D eigenvalue weighted by Crippen LogP contribution is 2.26. The Hall–Kier alpha value is -1.47. The molecular weight excluding hydrogens is 283 g/mol. The standard InChI is InChI=1S/C13H17FN2O3S/c1-8-5-9(2)16(7-8)13(17)11-6-10(14)3-4-12(11)20(15,18)19/h3-4,6,8-9H,5,7H2,1-2H3,(H2,15,18,19). The maximum atomic E-state index is 13.4. The molecule has 1 saturated heterocycles. The second kappa shape index (κ2) is 5.14. The summed E-state index contributed by atoms with van der Waals surface area (Å²) in [5.41, 5.74) is -0.201. The van der Waals surface area contributed by atoms with Crippen LogP contribution in [-0.4, -0.2) is 31.8 Å². The topological polar surface area (TPSA) is 80.5 Å². The van der Waals surface area contributed by atoms with Gasteiger partial charge < -0.3 is 4.90 Å². The summed E-state index contributed by atoms with van der Waals surface area (Å²) in [7, 11) is -4.07. The summed E-state index contributed by atoms with van der Waals surface area (Å²) in [6, 6.07) is 2.93. The SMILES string of the molecule is CC1CC(C)N(C(=O)c2cc(F)ccc2S(N)(=O)=O)C1. The van der Waals surface area contributed by atoms with Crippen molar-refractivity contribution in [3.05, 3.63) is 29.6 Å².